The first-order chi connectivity index (χ1) is 11.1. The SMILES string of the molecule is COc1ccc(O)c(C(=O)c2cnn(C(=O)c3cccs3)c2)c1. The first-order valence-corrected chi connectivity index (χ1v) is 7.52. The zero-order valence-corrected chi connectivity index (χ0v) is 12.9. The van der Waals surface area contributed by atoms with Gasteiger partial charge in [0, 0.05) is 6.20 Å². The Labute approximate surface area is 135 Å². The van der Waals surface area contributed by atoms with Crippen molar-refractivity contribution >= 4 is 23.0 Å². The molecule has 0 aliphatic heterocycles. The van der Waals surface area contributed by atoms with Crippen LogP contribution in [0.25, 0.3) is 0 Å². The Hall–Kier alpha value is -2.93. The summed E-state index contributed by atoms with van der Waals surface area (Å²) in [5.41, 5.74) is 0.297. The Bertz CT molecular complexity index is 868. The fourth-order valence-corrected chi connectivity index (χ4v) is 2.70. The van der Waals surface area contributed by atoms with Crippen molar-refractivity contribution in [2.75, 3.05) is 7.11 Å². The zero-order valence-electron chi connectivity index (χ0n) is 12.1. The first kappa shape index (κ1) is 15.0. The van der Waals surface area contributed by atoms with E-state index in [1.807, 2.05) is 0 Å². The Balaban J connectivity index is 1.91. The highest BCUT2D eigenvalue weighted by Crippen LogP contribution is 2.25. The molecule has 116 valence electrons. The summed E-state index contributed by atoms with van der Waals surface area (Å²) in [5, 5.41) is 15.6. The van der Waals surface area contributed by atoms with E-state index < -0.39 is 5.78 Å². The molecule has 1 N–H and O–H groups in total. The summed E-state index contributed by atoms with van der Waals surface area (Å²) < 4.78 is 6.16. The maximum atomic E-state index is 12.5. The number of ketones is 1. The summed E-state index contributed by atoms with van der Waals surface area (Å²) in [6.45, 7) is 0. The molecule has 2 aromatic heterocycles. The number of thiophene rings is 1. The maximum absolute atomic E-state index is 12.5. The summed E-state index contributed by atoms with van der Waals surface area (Å²) in [7, 11) is 1.47. The van der Waals surface area contributed by atoms with E-state index in [0.29, 0.717) is 10.6 Å². The molecule has 0 aliphatic carbocycles. The minimum absolute atomic E-state index is 0.0903. The Kier molecular flexibility index (Phi) is 3.94. The van der Waals surface area contributed by atoms with Crippen molar-refractivity contribution < 1.29 is 19.4 Å². The minimum Gasteiger partial charge on any atom is -0.507 e. The highest BCUT2D eigenvalue weighted by atomic mass is 32.1. The second-order valence-electron chi connectivity index (χ2n) is 4.67. The van der Waals surface area contributed by atoms with Gasteiger partial charge in [0.15, 0.2) is 5.78 Å². The van der Waals surface area contributed by atoms with Gasteiger partial charge in [0.1, 0.15) is 11.5 Å². The van der Waals surface area contributed by atoms with Gasteiger partial charge in [0.05, 0.1) is 29.3 Å². The van der Waals surface area contributed by atoms with Crippen molar-refractivity contribution in [2.24, 2.45) is 0 Å². The van der Waals surface area contributed by atoms with Crippen LogP contribution >= 0.6 is 11.3 Å². The molecule has 1 aromatic carbocycles. The molecular weight excluding hydrogens is 316 g/mol. The van der Waals surface area contributed by atoms with Crippen LogP contribution in [-0.4, -0.2) is 33.7 Å². The van der Waals surface area contributed by atoms with Gasteiger partial charge < -0.3 is 9.84 Å². The van der Waals surface area contributed by atoms with Crippen LogP contribution in [0.3, 0.4) is 0 Å². The van der Waals surface area contributed by atoms with Gasteiger partial charge in [-0.1, -0.05) is 6.07 Å². The highest BCUT2D eigenvalue weighted by molar-refractivity contribution is 7.12. The molecule has 0 saturated heterocycles. The molecule has 6 nitrogen and oxygen atoms in total. The lowest BCUT2D eigenvalue weighted by molar-refractivity contribution is 0.0949. The van der Waals surface area contributed by atoms with Gasteiger partial charge in [-0.05, 0) is 29.6 Å². The van der Waals surface area contributed by atoms with E-state index >= 15 is 0 Å². The topological polar surface area (TPSA) is 81.4 Å². The molecule has 0 bridgehead atoms. The Morgan fingerprint density at radius 1 is 1.30 bits per heavy atom. The summed E-state index contributed by atoms with van der Waals surface area (Å²) in [6, 6.07) is 7.82. The van der Waals surface area contributed by atoms with Crippen molar-refractivity contribution in [3.8, 4) is 11.5 Å². The first-order valence-electron chi connectivity index (χ1n) is 6.64. The molecule has 23 heavy (non-hydrogen) atoms. The summed E-state index contributed by atoms with van der Waals surface area (Å²) in [4.78, 5) is 25.2. The lowest BCUT2D eigenvalue weighted by Gasteiger charge is -2.05. The van der Waals surface area contributed by atoms with Crippen LogP contribution in [0.2, 0.25) is 0 Å². The number of methoxy groups -OCH3 is 1. The van der Waals surface area contributed by atoms with E-state index in [9.17, 15) is 14.7 Å². The molecular formula is C16H12N2O4S. The van der Waals surface area contributed by atoms with Gasteiger partial charge in [-0.15, -0.1) is 11.3 Å². The quantitative estimate of drug-likeness (QED) is 0.745. The number of aromatic hydroxyl groups is 1. The van der Waals surface area contributed by atoms with E-state index in [1.54, 1.807) is 23.6 Å². The molecule has 3 rings (SSSR count). The summed E-state index contributed by atoms with van der Waals surface area (Å²) >= 11 is 1.30. The molecule has 0 radical (unpaired) electrons. The number of rotatable bonds is 4. The molecule has 2 heterocycles. The normalized spacial score (nSPS) is 10.5. The lowest BCUT2D eigenvalue weighted by atomic mass is 10.1. The smallest absolute Gasteiger partial charge is 0.288 e. The van der Waals surface area contributed by atoms with Crippen LogP contribution in [0.1, 0.15) is 25.6 Å². The van der Waals surface area contributed by atoms with Crippen molar-refractivity contribution in [2.45, 2.75) is 0 Å². The van der Waals surface area contributed by atoms with Gasteiger partial charge in [0.2, 0.25) is 0 Å². The third-order valence-corrected chi connectivity index (χ3v) is 4.09. The fourth-order valence-electron chi connectivity index (χ4n) is 2.04. The number of carbonyl (C=O) groups excluding carboxylic acids is 2. The van der Waals surface area contributed by atoms with Crippen LogP contribution in [0.4, 0.5) is 0 Å². The monoisotopic (exact) mass is 328 g/mol. The van der Waals surface area contributed by atoms with E-state index in [2.05, 4.69) is 5.10 Å². The molecule has 0 fully saturated rings. The Morgan fingerprint density at radius 2 is 2.13 bits per heavy atom. The molecule has 0 atom stereocenters. The number of phenols is 1. The third kappa shape index (κ3) is 2.86. The molecule has 0 unspecified atom stereocenters. The second kappa shape index (κ2) is 6.05. The van der Waals surface area contributed by atoms with Crippen molar-refractivity contribution in [3.05, 3.63) is 64.1 Å². The number of phenolic OH excluding ortho intramolecular Hbond substituents is 1. The second-order valence-corrected chi connectivity index (χ2v) is 5.62. The van der Waals surface area contributed by atoms with Gasteiger partial charge >= 0.3 is 0 Å². The van der Waals surface area contributed by atoms with Gasteiger partial charge in [-0.2, -0.15) is 5.10 Å². The number of carbonyl (C=O) groups is 2. The molecule has 7 heteroatoms. The van der Waals surface area contributed by atoms with Gasteiger partial charge in [-0.3, -0.25) is 9.59 Å². The Morgan fingerprint density at radius 3 is 2.83 bits per heavy atom. The summed E-state index contributed by atoms with van der Waals surface area (Å²) in [5.74, 6) is -0.457. The number of aromatic nitrogens is 2. The van der Waals surface area contributed by atoms with Crippen molar-refractivity contribution in [1.82, 2.24) is 9.78 Å². The number of hydrogen-bond acceptors (Lipinski definition) is 6. The van der Waals surface area contributed by atoms with Crippen LogP contribution in [0.5, 0.6) is 11.5 Å². The van der Waals surface area contributed by atoms with Gasteiger partial charge in [0.25, 0.3) is 5.91 Å². The molecule has 3 aromatic rings. The van der Waals surface area contributed by atoms with Crippen LogP contribution in [-0.2, 0) is 0 Å². The van der Waals surface area contributed by atoms with Gasteiger partial charge in [-0.25, -0.2) is 4.68 Å². The number of nitrogens with zero attached hydrogens (tertiary/aromatic N) is 2. The van der Waals surface area contributed by atoms with Crippen LogP contribution < -0.4 is 4.74 Å². The van der Waals surface area contributed by atoms with E-state index in [0.717, 1.165) is 4.68 Å². The standard InChI is InChI=1S/C16H12N2O4S/c1-22-11-4-5-13(19)12(7-11)15(20)10-8-17-18(9-10)16(21)14-3-2-6-23-14/h2-9,19H,1H3. The molecule has 0 saturated carbocycles. The van der Waals surface area contributed by atoms with Crippen LogP contribution in [0.15, 0.2) is 48.1 Å². The minimum atomic E-state index is -0.438. The average molecular weight is 328 g/mol. The molecule has 0 amide bonds. The summed E-state index contributed by atoms with van der Waals surface area (Å²) in [6.07, 6.45) is 2.65. The maximum Gasteiger partial charge on any atom is 0.288 e. The number of benzene rings is 1. The van der Waals surface area contributed by atoms with E-state index in [1.165, 1.54) is 43.0 Å². The largest absolute Gasteiger partial charge is 0.507 e. The van der Waals surface area contributed by atoms with Crippen molar-refractivity contribution in [3.63, 3.8) is 0 Å². The average Bonchev–Trinajstić information content (AvgIpc) is 3.25. The van der Waals surface area contributed by atoms with E-state index in [-0.39, 0.29) is 22.8 Å². The highest BCUT2D eigenvalue weighted by Gasteiger charge is 2.19. The van der Waals surface area contributed by atoms with E-state index in [4.69, 9.17) is 4.74 Å². The van der Waals surface area contributed by atoms with Crippen molar-refractivity contribution in [1.29, 1.82) is 0 Å². The lowest BCUT2D eigenvalue weighted by Crippen LogP contribution is -2.10. The number of hydrogen-bond donors (Lipinski definition) is 1. The molecule has 0 spiro atoms. The predicted octanol–water partition coefficient (Wildman–Crippen LogP) is 2.58. The number of ether oxygens (including phenoxy) is 1. The fraction of sp³-hybridized carbons (Fsp3) is 0.0625. The predicted molar refractivity (Wildman–Crippen MR) is 84.4 cm³/mol. The van der Waals surface area contributed by atoms with Crippen LogP contribution in [0, 0.1) is 0 Å². The zero-order chi connectivity index (χ0) is 16.4. The molecule has 0 aliphatic rings. The third-order valence-electron chi connectivity index (χ3n) is 3.23.